The summed E-state index contributed by atoms with van der Waals surface area (Å²) in [5.41, 5.74) is 2.82. The third-order valence-corrected chi connectivity index (χ3v) is 6.55. The summed E-state index contributed by atoms with van der Waals surface area (Å²) >= 11 is 7.45. The van der Waals surface area contributed by atoms with Crippen molar-refractivity contribution >= 4 is 39.0 Å². The summed E-state index contributed by atoms with van der Waals surface area (Å²) in [6.07, 6.45) is 1.20. The van der Waals surface area contributed by atoms with E-state index in [0.29, 0.717) is 17.3 Å². The molecule has 0 aliphatic carbocycles. The molecule has 2 heterocycles. The predicted octanol–water partition coefficient (Wildman–Crippen LogP) is 5.79. The Hall–Kier alpha value is -0.290. The zero-order valence-corrected chi connectivity index (χ0v) is 14.8. The van der Waals surface area contributed by atoms with E-state index in [4.69, 9.17) is 0 Å². The molecule has 1 aliphatic rings. The average Bonchev–Trinajstić information content (AvgIpc) is 2.86. The summed E-state index contributed by atoms with van der Waals surface area (Å²) in [6.45, 7) is 4.58. The molecule has 1 nitrogen and oxygen atoms in total. The molecule has 3 rings (SSSR count). The SMILES string of the molecule is CC(NC1C[C@H](C)Sc2sccc21)c1cccc(Br)c1. The highest BCUT2D eigenvalue weighted by molar-refractivity contribution is 9.10. The van der Waals surface area contributed by atoms with Gasteiger partial charge in [0, 0.05) is 21.8 Å². The van der Waals surface area contributed by atoms with Crippen LogP contribution >= 0.6 is 39.0 Å². The Morgan fingerprint density at radius 2 is 2.20 bits per heavy atom. The van der Waals surface area contributed by atoms with Crippen molar-refractivity contribution in [3.8, 4) is 0 Å². The second-order valence-electron chi connectivity index (χ2n) is 5.32. The first-order chi connectivity index (χ1) is 9.63. The summed E-state index contributed by atoms with van der Waals surface area (Å²) in [7, 11) is 0. The molecule has 0 spiro atoms. The van der Waals surface area contributed by atoms with Crippen LogP contribution in [0.25, 0.3) is 0 Å². The topological polar surface area (TPSA) is 12.0 Å². The maximum absolute atomic E-state index is 3.81. The number of hydrogen-bond acceptors (Lipinski definition) is 3. The van der Waals surface area contributed by atoms with Gasteiger partial charge in [0.2, 0.25) is 0 Å². The molecule has 0 saturated carbocycles. The number of benzene rings is 1. The number of rotatable bonds is 3. The van der Waals surface area contributed by atoms with Crippen LogP contribution in [0.4, 0.5) is 0 Å². The average molecular weight is 368 g/mol. The van der Waals surface area contributed by atoms with Crippen LogP contribution in [-0.4, -0.2) is 5.25 Å². The molecule has 2 aromatic rings. The van der Waals surface area contributed by atoms with Crippen molar-refractivity contribution in [3.63, 3.8) is 0 Å². The number of nitrogens with one attached hydrogen (secondary N) is 1. The van der Waals surface area contributed by atoms with Gasteiger partial charge in [-0.05, 0) is 48.1 Å². The minimum atomic E-state index is 0.362. The van der Waals surface area contributed by atoms with Crippen molar-refractivity contribution in [2.45, 2.75) is 41.8 Å². The fourth-order valence-electron chi connectivity index (χ4n) is 2.68. The third kappa shape index (κ3) is 3.14. The molecule has 1 N–H and O–H groups in total. The van der Waals surface area contributed by atoms with Gasteiger partial charge in [0.25, 0.3) is 0 Å². The minimum Gasteiger partial charge on any atom is -0.303 e. The predicted molar refractivity (Wildman–Crippen MR) is 92.7 cm³/mol. The van der Waals surface area contributed by atoms with Gasteiger partial charge in [-0.3, -0.25) is 0 Å². The van der Waals surface area contributed by atoms with Gasteiger partial charge in [-0.2, -0.15) is 0 Å². The lowest BCUT2D eigenvalue weighted by Gasteiger charge is -2.30. The second kappa shape index (κ2) is 6.22. The maximum Gasteiger partial charge on any atom is 0.0649 e. The summed E-state index contributed by atoms with van der Waals surface area (Å²) in [5.74, 6) is 0. The molecule has 0 radical (unpaired) electrons. The van der Waals surface area contributed by atoms with E-state index in [1.54, 1.807) is 0 Å². The van der Waals surface area contributed by atoms with Crippen molar-refractivity contribution < 1.29 is 0 Å². The maximum atomic E-state index is 3.81. The lowest BCUT2D eigenvalue weighted by molar-refractivity contribution is 0.435. The summed E-state index contributed by atoms with van der Waals surface area (Å²) < 4.78 is 2.63. The van der Waals surface area contributed by atoms with Crippen LogP contribution in [0.1, 0.15) is 43.5 Å². The monoisotopic (exact) mass is 367 g/mol. The van der Waals surface area contributed by atoms with Crippen molar-refractivity contribution in [2.24, 2.45) is 0 Å². The Labute approximate surface area is 137 Å². The zero-order chi connectivity index (χ0) is 14.1. The van der Waals surface area contributed by atoms with Crippen LogP contribution in [0.2, 0.25) is 0 Å². The summed E-state index contributed by atoms with van der Waals surface area (Å²) in [5, 5.41) is 6.71. The number of hydrogen-bond donors (Lipinski definition) is 1. The molecule has 2 unspecified atom stereocenters. The highest BCUT2D eigenvalue weighted by atomic mass is 79.9. The van der Waals surface area contributed by atoms with Gasteiger partial charge in [-0.15, -0.1) is 23.1 Å². The molecular formula is C16H18BrNS2. The van der Waals surface area contributed by atoms with Gasteiger partial charge in [0.05, 0.1) is 4.21 Å². The number of thioether (sulfide) groups is 1. The molecular weight excluding hydrogens is 350 g/mol. The van der Waals surface area contributed by atoms with Gasteiger partial charge in [-0.1, -0.05) is 35.0 Å². The Bertz CT molecular complexity index is 596. The quantitative estimate of drug-likeness (QED) is 0.736. The van der Waals surface area contributed by atoms with E-state index in [0.717, 1.165) is 4.47 Å². The molecule has 0 amide bonds. The van der Waals surface area contributed by atoms with Gasteiger partial charge >= 0.3 is 0 Å². The van der Waals surface area contributed by atoms with E-state index in [1.807, 2.05) is 23.1 Å². The van der Waals surface area contributed by atoms with Crippen LogP contribution in [0.15, 0.2) is 44.4 Å². The highest BCUT2D eigenvalue weighted by Crippen LogP contribution is 2.44. The van der Waals surface area contributed by atoms with E-state index >= 15 is 0 Å². The molecule has 0 fully saturated rings. The molecule has 3 atom stereocenters. The normalized spacial score (nSPS) is 23.4. The Morgan fingerprint density at radius 1 is 1.35 bits per heavy atom. The molecule has 20 heavy (non-hydrogen) atoms. The van der Waals surface area contributed by atoms with Gasteiger partial charge < -0.3 is 5.32 Å². The van der Waals surface area contributed by atoms with Crippen molar-refractivity contribution in [2.75, 3.05) is 0 Å². The van der Waals surface area contributed by atoms with Crippen LogP contribution in [-0.2, 0) is 0 Å². The molecule has 1 aromatic heterocycles. The molecule has 1 aliphatic heterocycles. The third-order valence-electron chi connectivity index (χ3n) is 3.71. The fourth-order valence-corrected chi connectivity index (χ4v) is 5.66. The zero-order valence-electron chi connectivity index (χ0n) is 11.6. The standard InChI is InChI=1S/C16H18BrNS2/c1-10-8-15(14-6-7-19-16(14)20-10)18-11(2)12-4-3-5-13(17)9-12/h3-7,9-11,15,18H,8H2,1-2H3/t10-,11?,15?/m0/s1. The number of fused-ring (bicyclic) bond motifs is 1. The van der Waals surface area contributed by atoms with Crippen LogP contribution in [0, 0.1) is 0 Å². The van der Waals surface area contributed by atoms with Crippen LogP contribution in [0.5, 0.6) is 0 Å². The smallest absolute Gasteiger partial charge is 0.0649 e. The van der Waals surface area contributed by atoms with Crippen molar-refractivity contribution in [1.29, 1.82) is 0 Å². The number of thiophene rings is 1. The first-order valence-electron chi connectivity index (χ1n) is 6.89. The molecule has 106 valence electrons. The Morgan fingerprint density at radius 3 is 3.00 bits per heavy atom. The lowest BCUT2D eigenvalue weighted by Crippen LogP contribution is -2.28. The molecule has 0 bridgehead atoms. The largest absolute Gasteiger partial charge is 0.303 e. The molecule has 1 aromatic carbocycles. The van der Waals surface area contributed by atoms with Gasteiger partial charge in [0.1, 0.15) is 0 Å². The first kappa shape index (κ1) is 14.6. The van der Waals surface area contributed by atoms with Crippen molar-refractivity contribution in [1.82, 2.24) is 5.32 Å². The Balaban J connectivity index is 1.78. The second-order valence-corrected chi connectivity index (χ2v) is 8.86. The summed E-state index contributed by atoms with van der Waals surface area (Å²) in [4.78, 5) is 0. The summed E-state index contributed by atoms with van der Waals surface area (Å²) in [6, 6.07) is 11.7. The van der Waals surface area contributed by atoms with Crippen LogP contribution in [0.3, 0.4) is 0 Å². The lowest BCUT2D eigenvalue weighted by atomic mass is 10.0. The molecule has 4 heteroatoms. The first-order valence-corrected chi connectivity index (χ1v) is 9.44. The van der Waals surface area contributed by atoms with Gasteiger partial charge in [-0.25, -0.2) is 0 Å². The van der Waals surface area contributed by atoms with E-state index in [9.17, 15) is 0 Å². The number of halogens is 1. The molecule has 0 saturated heterocycles. The fraction of sp³-hybridized carbons (Fsp3) is 0.375. The van der Waals surface area contributed by atoms with E-state index in [2.05, 4.69) is 70.8 Å². The highest BCUT2D eigenvalue weighted by Gasteiger charge is 2.27. The minimum absolute atomic E-state index is 0.362. The van der Waals surface area contributed by atoms with Gasteiger partial charge in [0.15, 0.2) is 0 Å². The van der Waals surface area contributed by atoms with E-state index in [1.165, 1.54) is 21.8 Å². The van der Waals surface area contributed by atoms with Crippen LogP contribution < -0.4 is 5.32 Å². The van der Waals surface area contributed by atoms with Crippen molar-refractivity contribution in [3.05, 3.63) is 51.3 Å². The van der Waals surface area contributed by atoms with E-state index < -0.39 is 0 Å². The Kier molecular flexibility index (Phi) is 4.55. The van der Waals surface area contributed by atoms with E-state index in [-0.39, 0.29) is 0 Å².